The van der Waals surface area contributed by atoms with Crippen molar-refractivity contribution >= 4 is 17.4 Å². The van der Waals surface area contributed by atoms with Gasteiger partial charge in [0.05, 0.1) is 0 Å². The molecule has 0 aliphatic carbocycles. The van der Waals surface area contributed by atoms with Crippen LogP contribution in [0.3, 0.4) is 0 Å². The summed E-state index contributed by atoms with van der Waals surface area (Å²) in [7, 11) is 0. The molecule has 2 aromatic rings. The fourth-order valence-electron chi connectivity index (χ4n) is 1.35. The molecule has 1 aromatic carbocycles. The molecular weight excluding hydrogens is 252 g/mol. The maximum absolute atomic E-state index is 7.37. The molecule has 0 amide bonds. The van der Waals surface area contributed by atoms with Gasteiger partial charge >= 0.3 is 0 Å². The second-order valence-corrected chi connectivity index (χ2v) is 3.98. The zero-order valence-electron chi connectivity index (χ0n) is 9.43. The summed E-state index contributed by atoms with van der Waals surface area (Å²) in [4.78, 5) is 7.95. The Balaban J connectivity index is 2.10. The van der Waals surface area contributed by atoms with E-state index in [0.717, 1.165) is 5.56 Å². The highest BCUT2D eigenvalue weighted by molar-refractivity contribution is 6.30. The summed E-state index contributed by atoms with van der Waals surface area (Å²) < 4.78 is 5.49. The summed E-state index contributed by atoms with van der Waals surface area (Å²) in [6.07, 6.45) is 2.95. The van der Waals surface area contributed by atoms with Gasteiger partial charge in [0.1, 0.15) is 12.4 Å². The number of hydrogen-bond donors (Lipinski definition) is 2. The van der Waals surface area contributed by atoms with E-state index in [2.05, 4.69) is 9.97 Å². The van der Waals surface area contributed by atoms with Crippen molar-refractivity contribution in [2.75, 3.05) is 0 Å². The van der Waals surface area contributed by atoms with Gasteiger partial charge in [0, 0.05) is 17.4 Å². The molecule has 6 heteroatoms. The van der Waals surface area contributed by atoms with Gasteiger partial charge in [-0.05, 0) is 17.7 Å². The van der Waals surface area contributed by atoms with Crippen LogP contribution in [0.15, 0.2) is 36.7 Å². The molecule has 18 heavy (non-hydrogen) atoms. The molecule has 1 heterocycles. The minimum absolute atomic E-state index is 0.172. The molecule has 0 bridgehead atoms. The molecule has 3 N–H and O–H groups in total. The molecule has 0 aliphatic rings. The van der Waals surface area contributed by atoms with Crippen molar-refractivity contribution in [1.29, 1.82) is 5.41 Å². The molecule has 0 saturated carbocycles. The van der Waals surface area contributed by atoms with E-state index in [1.54, 1.807) is 12.1 Å². The fourth-order valence-corrected chi connectivity index (χ4v) is 1.47. The number of benzene rings is 1. The number of nitrogens with zero attached hydrogens (tertiary/aromatic N) is 2. The van der Waals surface area contributed by atoms with Crippen LogP contribution < -0.4 is 10.5 Å². The summed E-state index contributed by atoms with van der Waals surface area (Å²) in [6, 6.07) is 7.27. The van der Waals surface area contributed by atoms with Crippen molar-refractivity contribution < 1.29 is 4.74 Å². The number of nitrogen functional groups attached to an aromatic ring is 1. The third kappa shape index (κ3) is 2.95. The van der Waals surface area contributed by atoms with E-state index in [-0.39, 0.29) is 17.4 Å². The van der Waals surface area contributed by atoms with E-state index in [0.29, 0.717) is 11.6 Å². The Kier molecular flexibility index (Phi) is 3.74. The highest BCUT2D eigenvalue weighted by Crippen LogP contribution is 2.14. The summed E-state index contributed by atoms with van der Waals surface area (Å²) in [6.45, 7) is 0.316. The highest BCUT2D eigenvalue weighted by atomic mass is 35.5. The third-order valence-electron chi connectivity index (χ3n) is 2.21. The monoisotopic (exact) mass is 262 g/mol. The van der Waals surface area contributed by atoms with Crippen LogP contribution in [-0.4, -0.2) is 15.8 Å². The molecule has 2 rings (SSSR count). The van der Waals surface area contributed by atoms with Crippen LogP contribution in [-0.2, 0) is 6.61 Å². The zero-order chi connectivity index (χ0) is 13.0. The van der Waals surface area contributed by atoms with Crippen molar-refractivity contribution in [1.82, 2.24) is 9.97 Å². The summed E-state index contributed by atoms with van der Waals surface area (Å²) >= 11 is 5.79. The van der Waals surface area contributed by atoms with Crippen LogP contribution in [0.25, 0.3) is 0 Å². The minimum Gasteiger partial charge on any atom is -0.471 e. The molecular formula is C12H11ClN4O. The van der Waals surface area contributed by atoms with Crippen LogP contribution in [0.4, 0.5) is 0 Å². The quantitative estimate of drug-likeness (QED) is 0.652. The second kappa shape index (κ2) is 5.46. The smallest absolute Gasteiger partial charge is 0.244 e. The summed E-state index contributed by atoms with van der Waals surface area (Å²) in [5.41, 5.74) is 6.57. The van der Waals surface area contributed by atoms with Crippen molar-refractivity contribution in [2.24, 2.45) is 5.73 Å². The van der Waals surface area contributed by atoms with Crippen LogP contribution in [0, 0.1) is 5.41 Å². The van der Waals surface area contributed by atoms with Crippen molar-refractivity contribution in [3.63, 3.8) is 0 Å². The van der Waals surface area contributed by atoms with Gasteiger partial charge in [0.2, 0.25) is 5.88 Å². The van der Waals surface area contributed by atoms with E-state index in [1.807, 2.05) is 12.1 Å². The lowest BCUT2D eigenvalue weighted by Gasteiger charge is -2.08. The molecule has 0 fully saturated rings. The van der Waals surface area contributed by atoms with E-state index in [4.69, 9.17) is 27.5 Å². The van der Waals surface area contributed by atoms with Gasteiger partial charge in [-0.3, -0.25) is 5.41 Å². The number of halogens is 1. The Bertz CT molecular complexity index is 556. The third-order valence-corrected chi connectivity index (χ3v) is 2.46. The molecule has 0 unspecified atom stereocenters. The van der Waals surface area contributed by atoms with Crippen molar-refractivity contribution in [3.05, 3.63) is 52.9 Å². The fraction of sp³-hybridized carbons (Fsp3) is 0.0833. The Morgan fingerprint density at radius 1 is 1.22 bits per heavy atom. The predicted molar refractivity (Wildman–Crippen MR) is 68.8 cm³/mol. The minimum atomic E-state index is -0.172. The molecule has 0 saturated heterocycles. The number of aromatic nitrogens is 2. The van der Waals surface area contributed by atoms with Crippen molar-refractivity contribution in [2.45, 2.75) is 6.61 Å². The SMILES string of the molecule is N=C(N)c1nccnc1OCc1ccc(Cl)cc1. The summed E-state index contributed by atoms with van der Waals surface area (Å²) in [5.74, 6) is 0.0779. The Morgan fingerprint density at radius 2 is 1.89 bits per heavy atom. The first-order chi connectivity index (χ1) is 8.66. The van der Waals surface area contributed by atoms with Crippen molar-refractivity contribution in [3.8, 4) is 5.88 Å². The van der Waals surface area contributed by atoms with Gasteiger partial charge in [0.15, 0.2) is 5.69 Å². The van der Waals surface area contributed by atoms with E-state index < -0.39 is 0 Å². The second-order valence-electron chi connectivity index (χ2n) is 3.54. The van der Waals surface area contributed by atoms with E-state index >= 15 is 0 Å². The van der Waals surface area contributed by atoms with Crippen LogP contribution in [0.1, 0.15) is 11.3 Å². The number of nitrogens with two attached hydrogens (primary N) is 1. The van der Waals surface area contributed by atoms with Gasteiger partial charge in [-0.15, -0.1) is 0 Å². The van der Waals surface area contributed by atoms with E-state index in [1.165, 1.54) is 12.4 Å². The van der Waals surface area contributed by atoms with E-state index in [9.17, 15) is 0 Å². The maximum Gasteiger partial charge on any atom is 0.244 e. The zero-order valence-corrected chi connectivity index (χ0v) is 10.2. The molecule has 0 spiro atoms. The number of amidine groups is 1. The molecule has 92 valence electrons. The average molecular weight is 263 g/mol. The lowest BCUT2D eigenvalue weighted by Crippen LogP contribution is -2.15. The normalized spacial score (nSPS) is 10.1. The first kappa shape index (κ1) is 12.3. The molecule has 0 atom stereocenters. The number of nitrogens with one attached hydrogen (secondary N) is 1. The van der Waals surface area contributed by atoms with Crippen LogP contribution in [0.2, 0.25) is 5.02 Å². The highest BCUT2D eigenvalue weighted by Gasteiger charge is 2.09. The topological polar surface area (TPSA) is 84.9 Å². The standard InChI is InChI=1S/C12H11ClN4O/c13-9-3-1-8(2-4-9)7-18-12-10(11(14)15)16-5-6-17-12/h1-6H,7H2,(H3,14,15). The summed E-state index contributed by atoms with van der Waals surface area (Å²) in [5, 5.41) is 8.03. The Hall–Kier alpha value is -2.14. The molecule has 1 aromatic heterocycles. The van der Waals surface area contributed by atoms with Gasteiger partial charge in [0.25, 0.3) is 0 Å². The average Bonchev–Trinajstić information content (AvgIpc) is 2.38. The molecule has 5 nitrogen and oxygen atoms in total. The van der Waals surface area contributed by atoms with Crippen LogP contribution >= 0.6 is 11.6 Å². The predicted octanol–water partition coefficient (Wildman–Crippen LogP) is 1.99. The molecule has 0 aliphatic heterocycles. The van der Waals surface area contributed by atoms with Crippen LogP contribution in [0.5, 0.6) is 5.88 Å². The largest absolute Gasteiger partial charge is 0.471 e. The number of hydrogen-bond acceptors (Lipinski definition) is 4. The van der Waals surface area contributed by atoms with Gasteiger partial charge < -0.3 is 10.5 Å². The first-order valence-corrected chi connectivity index (χ1v) is 5.57. The Morgan fingerprint density at radius 3 is 2.56 bits per heavy atom. The Labute approximate surface area is 109 Å². The van der Waals surface area contributed by atoms with Gasteiger partial charge in [-0.25, -0.2) is 9.97 Å². The number of rotatable bonds is 4. The lowest BCUT2D eigenvalue weighted by molar-refractivity contribution is 0.291. The van der Waals surface area contributed by atoms with Gasteiger partial charge in [-0.2, -0.15) is 0 Å². The molecule has 0 radical (unpaired) electrons. The first-order valence-electron chi connectivity index (χ1n) is 5.19. The van der Waals surface area contributed by atoms with Gasteiger partial charge in [-0.1, -0.05) is 23.7 Å². The lowest BCUT2D eigenvalue weighted by atomic mass is 10.2. The number of ether oxygens (including phenoxy) is 1. The maximum atomic E-state index is 7.37.